The summed E-state index contributed by atoms with van der Waals surface area (Å²) in [5.74, 6) is 2.69. The molecule has 1 saturated heterocycles. The molecule has 2 aliphatic rings. The van der Waals surface area contributed by atoms with E-state index in [1.165, 1.54) is 38.8 Å². The van der Waals surface area contributed by atoms with Crippen LogP contribution >= 0.6 is 0 Å². The van der Waals surface area contributed by atoms with Gasteiger partial charge in [-0.05, 0) is 24.7 Å². The highest BCUT2D eigenvalue weighted by molar-refractivity contribution is 5.79. The normalized spacial score (nSPS) is 33.2. The summed E-state index contributed by atoms with van der Waals surface area (Å²) in [6.45, 7) is 4.44. The van der Waals surface area contributed by atoms with Crippen molar-refractivity contribution < 1.29 is 0 Å². The second-order valence-electron chi connectivity index (χ2n) is 4.51. The maximum atomic E-state index is 7.81. The molecule has 74 valence electrons. The van der Waals surface area contributed by atoms with Crippen LogP contribution in [0, 0.1) is 17.2 Å². The molecule has 2 unspecified atom stereocenters. The summed E-state index contributed by atoms with van der Waals surface area (Å²) in [4.78, 5) is 2.31. The van der Waals surface area contributed by atoms with Crippen molar-refractivity contribution in [3.05, 3.63) is 0 Å². The van der Waals surface area contributed by atoms with E-state index in [1.807, 2.05) is 0 Å². The van der Waals surface area contributed by atoms with Crippen LogP contribution in [0.2, 0.25) is 0 Å². The molecule has 1 heterocycles. The van der Waals surface area contributed by atoms with Crippen LogP contribution in [0.25, 0.3) is 0 Å². The second-order valence-corrected chi connectivity index (χ2v) is 4.51. The van der Waals surface area contributed by atoms with E-state index in [9.17, 15) is 0 Å². The quantitative estimate of drug-likeness (QED) is 0.487. The second kappa shape index (κ2) is 3.69. The maximum absolute atomic E-state index is 7.81. The lowest BCUT2D eigenvalue weighted by atomic mass is 9.82. The summed E-state index contributed by atoms with van der Waals surface area (Å²) in [6.07, 6.45) is 6.58. The van der Waals surface area contributed by atoms with Crippen molar-refractivity contribution in [3.63, 3.8) is 0 Å². The number of amidine groups is 1. The zero-order valence-corrected chi connectivity index (χ0v) is 8.55. The van der Waals surface area contributed by atoms with Gasteiger partial charge < -0.3 is 4.90 Å². The predicted octanol–water partition coefficient (Wildman–Crippen LogP) is 2.50. The highest BCUT2D eigenvalue weighted by Crippen LogP contribution is 2.36. The third-order valence-electron chi connectivity index (χ3n) is 3.69. The Kier molecular flexibility index (Phi) is 2.56. The molecule has 0 spiro atoms. The minimum absolute atomic E-state index is 0.856. The Balaban J connectivity index is 1.94. The molecule has 2 nitrogen and oxygen atoms in total. The van der Waals surface area contributed by atoms with Crippen molar-refractivity contribution in [2.45, 2.75) is 39.0 Å². The molecule has 0 amide bonds. The van der Waals surface area contributed by atoms with Gasteiger partial charge in [-0.15, -0.1) is 0 Å². The average molecular weight is 180 g/mol. The Morgan fingerprint density at radius 2 is 1.77 bits per heavy atom. The first-order chi connectivity index (χ1) is 6.31. The maximum Gasteiger partial charge on any atom is 0.0955 e. The van der Waals surface area contributed by atoms with Gasteiger partial charge in [0, 0.05) is 19.5 Å². The van der Waals surface area contributed by atoms with Gasteiger partial charge >= 0.3 is 0 Å². The number of fused-ring (bicyclic) bond motifs is 1. The average Bonchev–Trinajstić information content (AvgIpc) is 2.59. The van der Waals surface area contributed by atoms with E-state index in [2.05, 4.69) is 11.8 Å². The van der Waals surface area contributed by atoms with E-state index in [0.717, 1.165) is 24.1 Å². The molecule has 2 rings (SSSR count). The molecule has 0 aromatic rings. The van der Waals surface area contributed by atoms with Gasteiger partial charge in [0.2, 0.25) is 0 Å². The van der Waals surface area contributed by atoms with Crippen molar-refractivity contribution in [2.24, 2.45) is 11.8 Å². The molecule has 1 aliphatic heterocycles. The van der Waals surface area contributed by atoms with Gasteiger partial charge in [0.25, 0.3) is 0 Å². The molecule has 1 aliphatic carbocycles. The van der Waals surface area contributed by atoms with Crippen LogP contribution in [-0.4, -0.2) is 23.8 Å². The standard InChI is InChI=1S/C11H20N2/c1-2-11(12)13-7-9-5-3-4-6-10(9)8-13/h9-10,12H,2-8H2,1H3. The molecule has 1 N–H and O–H groups in total. The summed E-state index contributed by atoms with van der Waals surface area (Å²) in [5.41, 5.74) is 0. The van der Waals surface area contributed by atoms with Gasteiger partial charge in [0.05, 0.1) is 5.84 Å². The largest absolute Gasteiger partial charge is 0.360 e. The summed E-state index contributed by atoms with van der Waals surface area (Å²) in [6, 6.07) is 0. The minimum Gasteiger partial charge on any atom is -0.360 e. The highest BCUT2D eigenvalue weighted by atomic mass is 15.2. The third kappa shape index (κ3) is 1.72. The Labute approximate surface area is 80.8 Å². The fourth-order valence-corrected chi connectivity index (χ4v) is 2.85. The van der Waals surface area contributed by atoms with Gasteiger partial charge in [-0.1, -0.05) is 19.8 Å². The van der Waals surface area contributed by atoms with Crippen molar-refractivity contribution >= 4 is 5.84 Å². The highest BCUT2D eigenvalue weighted by Gasteiger charge is 2.34. The molecular weight excluding hydrogens is 160 g/mol. The Morgan fingerprint density at radius 3 is 2.23 bits per heavy atom. The smallest absolute Gasteiger partial charge is 0.0955 e. The third-order valence-corrected chi connectivity index (χ3v) is 3.69. The Hall–Kier alpha value is -0.530. The van der Waals surface area contributed by atoms with Gasteiger partial charge in [-0.3, -0.25) is 5.41 Å². The van der Waals surface area contributed by atoms with Gasteiger partial charge in [-0.25, -0.2) is 0 Å². The fraction of sp³-hybridized carbons (Fsp3) is 0.909. The van der Waals surface area contributed by atoms with E-state index >= 15 is 0 Å². The van der Waals surface area contributed by atoms with E-state index < -0.39 is 0 Å². The first-order valence-electron chi connectivity index (χ1n) is 5.63. The SMILES string of the molecule is CCC(=N)N1CC2CCCCC2C1. The summed E-state index contributed by atoms with van der Waals surface area (Å²) >= 11 is 0. The lowest BCUT2D eigenvalue weighted by molar-refractivity contribution is 0.299. The zero-order valence-electron chi connectivity index (χ0n) is 8.55. The predicted molar refractivity (Wildman–Crippen MR) is 55.0 cm³/mol. The van der Waals surface area contributed by atoms with Gasteiger partial charge in [0.1, 0.15) is 0 Å². The fourth-order valence-electron chi connectivity index (χ4n) is 2.85. The topological polar surface area (TPSA) is 27.1 Å². The molecule has 1 saturated carbocycles. The first-order valence-corrected chi connectivity index (χ1v) is 5.63. The molecule has 0 radical (unpaired) electrons. The number of hydrogen-bond acceptors (Lipinski definition) is 1. The molecule has 2 fully saturated rings. The van der Waals surface area contributed by atoms with E-state index in [4.69, 9.17) is 5.41 Å². The van der Waals surface area contributed by atoms with Crippen molar-refractivity contribution in [2.75, 3.05) is 13.1 Å². The van der Waals surface area contributed by atoms with Crippen molar-refractivity contribution in [1.29, 1.82) is 5.41 Å². The van der Waals surface area contributed by atoms with Crippen molar-refractivity contribution in [3.8, 4) is 0 Å². The molecule has 0 aromatic carbocycles. The number of rotatable bonds is 1. The van der Waals surface area contributed by atoms with Gasteiger partial charge in [0.15, 0.2) is 0 Å². The first kappa shape index (κ1) is 9.04. The van der Waals surface area contributed by atoms with E-state index in [-0.39, 0.29) is 0 Å². The zero-order chi connectivity index (χ0) is 9.26. The Bertz CT molecular complexity index is 186. The molecular formula is C11H20N2. The minimum atomic E-state index is 0.856. The van der Waals surface area contributed by atoms with E-state index in [1.54, 1.807) is 0 Å². The molecule has 0 bridgehead atoms. The summed E-state index contributed by atoms with van der Waals surface area (Å²) in [5, 5.41) is 7.81. The molecule has 13 heavy (non-hydrogen) atoms. The van der Waals surface area contributed by atoms with Crippen LogP contribution in [0.1, 0.15) is 39.0 Å². The monoisotopic (exact) mass is 180 g/mol. The molecule has 2 atom stereocenters. The molecule has 2 heteroatoms. The van der Waals surface area contributed by atoms with Crippen LogP contribution in [0.15, 0.2) is 0 Å². The lowest BCUT2D eigenvalue weighted by Gasteiger charge is -2.22. The number of hydrogen-bond donors (Lipinski definition) is 1. The van der Waals surface area contributed by atoms with Crippen LogP contribution < -0.4 is 0 Å². The summed E-state index contributed by atoms with van der Waals surface area (Å²) < 4.78 is 0. The summed E-state index contributed by atoms with van der Waals surface area (Å²) in [7, 11) is 0. The van der Waals surface area contributed by atoms with Crippen LogP contribution in [-0.2, 0) is 0 Å². The van der Waals surface area contributed by atoms with Crippen molar-refractivity contribution in [1.82, 2.24) is 4.90 Å². The Morgan fingerprint density at radius 1 is 1.23 bits per heavy atom. The van der Waals surface area contributed by atoms with Crippen LogP contribution in [0.5, 0.6) is 0 Å². The van der Waals surface area contributed by atoms with E-state index in [0.29, 0.717) is 0 Å². The van der Waals surface area contributed by atoms with Gasteiger partial charge in [-0.2, -0.15) is 0 Å². The molecule has 0 aromatic heterocycles. The number of nitrogens with one attached hydrogen (secondary N) is 1. The van der Waals surface area contributed by atoms with Crippen LogP contribution in [0.3, 0.4) is 0 Å². The number of likely N-dealkylation sites (tertiary alicyclic amines) is 1. The lowest BCUT2D eigenvalue weighted by Crippen LogP contribution is -2.27. The number of nitrogens with zero attached hydrogens (tertiary/aromatic N) is 1. The van der Waals surface area contributed by atoms with Crippen LogP contribution in [0.4, 0.5) is 0 Å².